The number of fused-ring (bicyclic) bond motifs is 1. The monoisotopic (exact) mass is 284 g/mol. The van der Waals surface area contributed by atoms with Gasteiger partial charge in [0.25, 0.3) is 0 Å². The van der Waals surface area contributed by atoms with Crippen molar-refractivity contribution in [3.8, 4) is 0 Å². The summed E-state index contributed by atoms with van der Waals surface area (Å²) >= 11 is 5.97. The van der Waals surface area contributed by atoms with Gasteiger partial charge in [-0.25, -0.2) is 4.79 Å². The van der Waals surface area contributed by atoms with E-state index in [2.05, 4.69) is 0 Å². The molecule has 0 N–H and O–H groups in total. The molecule has 0 amide bonds. The van der Waals surface area contributed by atoms with Crippen LogP contribution in [0.5, 0.6) is 0 Å². The molecule has 0 aliphatic rings. The van der Waals surface area contributed by atoms with Crippen molar-refractivity contribution < 1.29 is 4.42 Å². The Bertz CT molecular complexity index is 817. The van der Waals surface area contributed by atoms with Gasteiger partial charge in [0.05, 0.1) is 0 Å². The minimum Gasteiger partial charge on any atom is -0.423 e. The molecule has 2 aromatic carbocycles. The Kier molecular flexibility index (Phi) is 3.33. The Labute approximate surface area is 121 Å². The lowest BCUT2D eigenvalue weighted by atomic mass is 10.0. The first-order chi connectivity index (χ1) is 9.61. The average molecular weight is 285 g/mol. The van der Waals surface area contributed by atoms with E-state index in [4.69, 9.17) is 16.0 Å². The summed E-state index contributed by atoms with van der Waals surface area (Å²) in [5.41, 5.74) is 3.20. The van der Waals surface area contributed by atoms with Crippen molar-refractivity contribution in [3.63, 3.8) is 0 Å². The Morgan fingerprint density at radius 1 is 1.05 bits per heavy atom. The number of benzene rings is 2. The van der Waals surface area contributed by atoms with E-state index in [-0.39, 0.29) is 5.63 Å². The fourth-order valence-corrected chi connectivity index (χ4v) is 2.37. The van der Waals surface area contributed by atoms with Crippen molar-refractivity contribution >= 4 is 22.6 Å². The third kappa shape index (κ3) is 2.61. The molecule has 1 aromatic heterocycles. The molecule has 0 atom stereocenters. The molecule has 100 valence electrons. The normalized spacial score (nSPS) is 10.9. The molecule has 0 radical (unpaired) electrons. The second kappa shape index (κ2) is 5.14. The number of rotatable bonds is 2. The van der Waals surface area contributed by atoms with Crippen LogP contribution >= 0.6 is 11.6 Å². The van der Waals surface area contributed by atoms with Crippen LogP contribution in [-0.2, 0) is 6.42 Å². The lowest BCUT2D eigenvalue weighted by Crippen LogP contribution is -2.07. The number of halogens is 1. The predicted molar refractivity (Wildman–Crippen MR) is 81.5 cm³/mol. The summed E-state index contributed by atoms with van der Waals surface area (Å²) in [6.07, 6.45) is 0.561. The summed E-state index contributed by atoms with van der Waals surface area (Å²) in [5.74, 6) is 0. The summed E-state index contributed by atoms with van der Waals surface area (Å²) in [6.45, 7) is 2.04. The maximum atomic E-state index is 12.0. The zero-order valence-corrected chi connectivity index (χ0v) is 11.8. The van der Waals surface area contributed by atoms with E-state index in [1.165, 1.54) is 5.56 Å². The van der Waals surface area contributed by atoms with Crippen LogP contribution in [0.25, 0.3) is 11.0 Å². The van der Waals surface area contributed by atoms with Crippen LogP contribution in [0.15, 0.2) is 57.7 Å². The van der Waals surface area contributed by atoms with Crippen molar-refractivity contribution in [1.82, 2.24) is 0 Å². The first-order valence-electron chi connectivity index (χ1n) is 6.40. The lowest BCUT2D eigenvalue weighted by molar-refractivity contribution is 0.552. The lowest BCUT2D eigenvalue weighted by Gasteiger charge is -2.03. The van der Waals surface area contributed by atoms with E-state index in [1.807, 2.05) is 37.3 Å². The zero-order valence-electron chi connectivity index (χ0n) is 11.0. The SMILES string of the molecule is Cc1ccc(Cc2cc3cc(Cl)ccc3oc2=O)cc1. The minimum absolute atomic E-state index is 0.291. The van der Waals surface area contributed by atoms with Crippen molar-refractivity contribution in [2.75, 3.05) is 0 Å². The first-order valence-corrected chi connectivity index (χ1v) is 6.77. The van der Waals surface area contributed by atoms with Gasteiger partial charge in [-0.1, -0.05) is 41.4 Å². The van der Waals surface area contributed by atoms with Gasteiger partial charge in [0, 0.05) is 22.4 Å². The Hall–Kier alpha value is -2.06. The molecule has 1 heterocycles. The first kappa shape index (κ1) is 12.9. The molecule has 0 aliphatic heterocycles. The molecule has 0 saturated heterocycles. The minimum atomic E-state index is -0.291. The van der Waals surface area contributed by atoms with Crippen molar-refractivity contribution in [1.29, 1.82) is 0 Å². The molecule has 0 bridgehead atoms. The topological polar surface area (TPSA) is 30.2 Å². The van der Waals surface area contributed by atoms with E-state index in [1.54, 1.807) is 18.2 Å². The van der Waals surface area contributed by atoms with Crippen LogP contribution in [0.4, 0.5) is 0 Å². The molecule has 2 nitrogen and oxygen atoms in total. The standard InChI is InChI=1S/C17H13ClO2/c1-11-2-4-12(5-3-11)8-14-9-13-10-15(18)6-7-16(13)20-17(14)19/h2-7,9-10H,8H2,1H3. The molecule has 20 heavy (non-hydrogen) atoms. The van der Waals surface area contributed by atoms with Gasteiger partial charge in [-0.15, -0.1) is 0 Å². The highest BCUT2D eigenvalue weighted by atomic mass is 35.5. The zero-order chi connectivity index (χ0) is 14.1. The fraction of sp³-hybridized carbons (Fsp3) is 0.118. The van der Waals surface area contributed by atoms with Gasteiger partial charge in [0.1, 0.15) is 5.58 Å². The fourth-order valence-electron chi connectivity index (χ4n) is 2.19. The Morgan fingerprint density at radius 2 is 1.80 bits per heavy atom. The molecule has 3 heteroatoms. The molecule has 0 unspecified atom stereocenters. The van der Waals surface area contributed by atoms with Crippen molar-refractivity contribution in [2.24, 2.45) is 0 Å². The van der Waals surface area contributed by atoms with Crippen LogP contribution in [0.1, 0.15) is 16.7 Å². The molecular formula is C17H13ClO2. The van der Waals surface area contributed by atoms with Gasteiger partial charge in [0.2, 0.25) is 0 Å². The van der Waals surface area contributed by atoms with Crippen molar-refractivity contribution in [2.45, 2.75) is 13.3 Å². The average Bonchev–Trinajstić information content (AvgIpc) is 2.42. The van der Waals surface area contributed by atoms with E-state index < -0.39 is 0 Å². The van der Waals surface area contributed by atoms with Crippen LogP contribution < -0.4 is 5.63 Å². The smallest absolute Gasteiger partial charge is 0.339 e. The number of hydrogen-bond donors (Lipinski definition) is 0. The van der Waals surface area contributed by atoms with Crippen LogP contribution in [-0.4, -0.2) is 0 Å². The summed E-state index contributed by atoms with van der Waals surface area (Å²) in [4.78, 5) is 12.0. The van der Waals surface area contributed by atoms with Gasteiger partial charge in [-0.2, -0.15) is 0 Å². The van der Waals surface area contributed by atoms with Crippen LogP contribution in [0, 0.1) is 6.92 Å². The van der Waals surface area contributed by atoms with Gasteiger partial charge in [-0.05, 0) is 36.8 Å². The summed E-state index contributed by atoms with van der Waals surface area (Å²) in [5, 5.41) is 1.48. The second-order valence-electron chi connectivity index (χ2n) is 4.90. The Morgan fingerprint density at radius 3 is 2.55 bits per heavy atom. The molecular weight excluding hydrogens is 272 g/mol. The highest BCUT2D eigenvalue weighted by molar-refractivity contribution is 6.31. The van der Waals surface area contributed by atoms with E-state index >= 15 is 0 Å². The van der Waals surface area contributed by atoms with Crippen LogP contribution in [0.2, 0.25) is 5.02 Å². The molecule has 0 saturated carbocycles. The summed E-state index contributed by atoms with van der Waals surface area (Å²) in [6, 6.07) is 15.2. The van der Waals surface area contributed by atoms with Gasteiger partial charge in [-0.3, -0.25) is 0 Å². The molecule has 0 spiro atoms. The third-order valence-corrected chi connectivity index (χ3v) is 3.52. The van der Waals surface area contributed by atoms with E-state index in [0.29, 0.717) is 22.6 Å². The summed E-state index contributed by atoms with van der Waals surface area (Å²) < 4.78 is 5.33. The highest BCUT2D eigenvalue weighted by Gasteiger charge is 2.06. The molecule has 3 rings (SSSR count). The van der Waals surface area contributed by atoms with Crippen LogP contribution in [0.3, 0.4) is 0 Å². The number of hydrogen-bond acceptors (Lipinski definition) is 2. The molecule has 3 aromatic rings. The largest absolute Gasteiger partial charge is 0.423 e. The van der Waals surface area contributed by atoms with Gasteiger partial charge >= 0.3 is 5.63 Å². The second-order valence-corrected chi connectivity index (χ2v) is 5.34. The van der Waals surface area contributed by atoms with E-state index in [0.717, 1.165) is 10.9 Å². The van der Waals surface area contributed by atoms with E-state index in [9.17, 15) is 4.79 Å². The highest BCUT2D eigenvalue weighted by Crippen LogP contribution is 2.20. The molecule has 0 fully saturated rings. The quantitative estimate of drug-likeness (QED) is 0.655. The van der Waals surface area contributed by atoms with Crippen molar-refractivity contribution in [3.05, 3.63) is 80.7 Å². The Balaban J connectivity index is 2.04. The number of aryl methyl sites for hydroxylation is 1. The maximum Gasteiger partial charge on any atom is 0.339 e. The summed E-state index contributed by atoms with van der Waals surface area (Å²) in [7, 11) is 0. The van der Waals surface area contributed by atoms with Gasteiger partial charge in [0.15, 0.2) is 0 Å². The van der Waals surface area contributed by atoms with Gasteiger partial charge < -0.3 is 4.42 Å². The maximum absolute atomic E-state index is 12.0. The predicted octanol–water partition coefficient (Wildman–Crippen LogP) is 4.35. The third-order valence-electron chi connectivity index (χ3n) is 3.28. The molecule has 0 aliphatic carbocycles.